The van der Waals surface area contributed by atoms with Gasteiger partial charge in [-0.2, -0.15) is 5.10 Å². The van der Waals surface area contributed by atoms with Crippen LogP contribution in [0, 0.1) is 0 Å². The Labute approximate surface area is 132 Å². The highest BCUT2D eigenvalue weighted by atomic mass is 16.3. The lowest BCUT2D eigenvalue weighted by atomic mass is 10.3. The molecule has 0 aliphatic rings. The molecule has 0 spiro atoms. The number of hydrazone groups is 1. The molecule has 1 amide bonds. The molecule has 23 heavy (non-hydrogen) atoms. The first-order valence-corrected chi connectivity index (χ1v) is 6.95. The number of nitrogens with zero attached hydrogens (tertiary/aromatic N) is 3. The van der Waals surface area contributed by atoms with Gasteiger partial charge in [0.15, 0.2) is 0 Å². The number of aromatic hydroxyl groups is 1. The number of hydrogen-bond donors (Lipinski definition) is 2. The van der Waals surface area contributed by atoms with E-state index < -0.39 is 0 Å². The van der Waals surface area contributed by atoms with Gasteiger partial charge in [-0.15, -0.1) is 0 Å². The summed E-state index contributed by atoms with van der Waals surface area (Å²) in [5.74, 6) is -0.164. The summed E-state index contributed by atoms with van der Waals surface area (Å²) in [6, 6.07) is 15.6. The number of amides is 1. The summed E-state index contributed by atoms with van der Waals surface area (Å²) in [6.45, 7) is 0. The minimum atomic E-state index is -0.371. The number of phenols is 1. The van der Waals surface area contributed by atoms with Gasteiger partial charge in [0, 0.05) is 18.1 Å². The Morgan fingerprint density at radius 1 is 1.13 bits per heavy atom. The van der Waals surface area contributed by atoms with Crippen molar-refractivity contribution in [3.05, 3.63) is 78.4 Å². The highest BCUT2D eigenvalue weighted by molar-refractivity contribution is 5.92. The molecule has 0 saturated carbocycles. The summed E-state index contributed by atoms with van der Waals surface area (Å²) in [4.78, 5) is 15.8. The molecule has 0 unspecified atom stereocenters. The van der Waals surface area contributed by atoms with Gasteiger partial charge in [0.1, 0.15) is 11.4 Å². The Hall–Kier alpha value is -3.41. The van der Waals surface area contributed by atoms with Gasteiger partial charge in [0.05, 0.1) is 11.9 Å². The Balaban J connectivity index is 1.73. The van der Waals surface area contributed by atoms with E-state index in [-0.39, 0.29) is 11.7 Å². The van der Waals surface area contributed by atoms with E-state index in [0.717, 1.165) is 11.4 Å². The zero-order chi connectivity index (χ0) is 16.1. The number of carbonyl (C=O) groups is 1. The first-order valence-electron chi connectivity index (χ1n) is 6.95. The Morgan fingerprint density at radius 2 is 1.96 bits per heavy atom. The third-order valence-electron chi connectivity index (χ3n) is 3.17. The first-order chi connectivity index (χ1) is 11.2. The quantitative estimate of drug-likeness (QED) is 0.573. The fourth-order valence-electron chi connectivity index (χ4n) is 2.06. The number of pyridine rings is 1. The van der Waals surface area contributed by atoms with Gasteiger partial charge in [-0.05, 0) is 48.5 Å². The van der Waals surface area contributed by atoms with Crippen molar-refractivity contribution in [1.29, 1.82) is 0 Å². The minimum absolute atomic E-state index is 0.207. The summed E-state index contributed by atoms with van der Waals surface area (Å²) >= 11 is 0. The van der Waals surface area contributed by atoms with Crippen LogP contribution in [0.25, 0.3) is 5.69 Å². The Kier molecular flexibility index (Phi) is 4.15. The van der Waals surface area contributed by atoms with Crippen molar-refractivity contribution < 1.29 is 9.90 Å². The molecule has 0 bridgehead atoms. The molecule has 0 atom stereocenters. The number of nitrogens with one attached hydrogen (secondary N) is 1. The highest BCUT2D eigenvalue weighted by Crippen LogP contribution is 2.15. The highest BCUT2D eigenvalue weighted by Gasteiger charge is 2.04. The Morgan fingerprint density at radius 3 is 2.70 bits per heavy atom. The molecule has 0 radical (unpaired) electrons. The monoisotopic (exact) mass is 306 g/mol. The largest absolute Gasteiger partial charge is 0.508 e. The van der Waals surface area contributed by atoms with Crippen LogP contribution in [0.2, 0.25) is 0 Å². The summed E-state index contributed by atoms with van der Waals surface area (Å²) in [7, 11) is 0. The molecule has 1 aromatic carbocycles. The molecule has 6 nitrogen and oxygen atoms in total. The predicted molar refractivity (Wildman–Crippen MR) is 86.7 cm³/mol. The molecule has 0 saturated heterocycles. The van der Waals surface area contributed by atoms with E-state index in [1.54, 1.807) is 54.9 Å². The number of carbonyl (C=O) groups excluding carboxylic acids is 1. The number of benzene rings is 1. The van der Waals surface area contributed by atoms with E-state index in [4.69, 9.17) is 0 Å². The maximum absolute atomic E-state index is 11.8. The van der Waals surface area contributed by atoms with Crippen LogP contribution >= 0.6 is 0 Å². The van der Waals surface area contributed by atoms with Crippen LogP contribution in [0.15, 0.2) is 72.1 Å². The molecule has 0 fully saturated rings. The van der Waals surface area contributed by atoms with E-state index in [9.17, 15) is 9.90 Å². The maximum atomic E-state index is 11.8. The van der Waals surface area contributed by atoms with E-state index in [2.05, 4.69) is 15.5 Å². The van der Waals surface area contributed by atoms with E-state index >= 15 is 0 Å². The zero-order valence-corrected chi connectivity index (χ0v) is 12.1. The molecule has 3 aromatic rings. The summed E-state index contributed by atoms with van der Waals surface area (Å²) < 4.78 is 1.88. The van der Waals surface area contributed by atoms with Crippen LogP contribution in [0.3, 0.4) is 0 Å². The lowest BCUT2D eigenvalue weighted by Crippen LogP contribution is -2.18. The van der Waals surface area contributed by atoms with Crippen LogP contribution in [-0.4, -0.2) is 26.8 Å². The third kappa shape index (κ3) is 3.44. The summed E-state index contributed by atoms with van der Waals surface area (Å²) in [5.41, 5.74) is 4.41. The van der Waals surface area contributed by atoms with Crippen LogP contribution in [-0.2, 0) is 0 Å². The molecule has 2 N–H and O–H groups in total. The van der Waals surface area contributed by atoms with Crippen LogP contribution in [0.4, 0.5) is 0 Å². The average molecular weight is 306 g/mol. The van der Waals surface area contributed by atoms with Crippen molar-refractivity contribution in [2.45, 2.75) is 0 Å². The second kappa shape index (κ2) is 6.57. The number of rotatable bonds is 4. The number of aromatic nitrogens is 2. The third-order valence-corrected chi connectivity index (χ3v) is 3.17. The number of phenolic OH excluding ortho intramolecular Hbond substituents is 1. The van der Waals surface area contributed by atoms with Crippen LogP contribution in [0.5, 0.6) is 5.75 Å². The topological polar surface area (TPSA) is 79.5 Å². The normalized spacial score (nSPS) is 10.8. The molecule has 3 rings (SSSR count). The fraction of sp³-hybridized carbons (Fsp3) is 0. The van der Waals surface area contributed by atoms with Crippen molar-refractivity contribution in [1.82, 2.24) is 15.0 Å². The molecular weight excluding hydrogens is 292 g/mol. The van der Waals surface area contributed by atoms with Crippen molar-refractivity contribution in [2.24, 2.45) is 5.10 Å². The summed E-state index contributed by atoms with van der Waals surface area (Å²) in [5, 5.41) is 13.3. The van der Waals surface area contributed by atoms with Crippen molar-refractivity contribution in [2.75, 3.05) is 0 Å². The van der Waals surface area contributed by atoms with Gasteiger partial charge >= 0.3 is 0 Å². The van der Waals surface area contributed by atoms with E-state index in [1.165, 1.54) is 0 Å². The molecule has 114 valence electrons. The molecule has 2 aromatic heterocycles. The lowest BCUT2D eigenvalue weighted by molar-refractivity contribution is 0.0950. The fourth-order valence-corrected chi connectivity index (χ4v) is 2.06. The number of hydrogen-bond acceptors (Lipinski definition) is 4. The van der Waals surface area contributed by atoms with E-state index in [1.807, 2.05) is 22.9 Å². The predicted octanol–water partition coefficient (Wildman–Crippen LogP) is 2.34. The van der Waals surface area contributed by atoms with E-state index in [0.29, 0.717) is 5.69 Å². The second-order valence-electron chi connectivity index (χ2n) is 4.73. The van der Waals surface area contributed by atoms with Crippen molar-refractivity contribution in [3.63, 3.8) is 0 Å². The molecule has 0 aliphatic heterocycles. The molecule has 0 aliphatic carbocycles. The minimum Gasteiger partial charge on any atom is -0.508 e. The SMILES string of the molecule is O=C(N/N=C\c1cccn1-c1ccc(O)cc1)c1ccccn1. The first kappa shape index (κ1) is 14.5. The van der Waals surface area contributed by atoms with Crippen LogP contribution in [0.1, 0.15) is 16.2 Å². The zero-order valence-electron chi connectivity index (χ0n) is 12.1. The molecule has 2 heterocycles. The van der Waals surface area contributed by atoms with Gasteiger partial charge in [0.2, 0.25) is 0 Å². The average Bonchev–Trinajstić information content (AvgIpc) is 3.05. The standard InChI is InChI=1S/C17H14N4O2/c22-15-8-6-13(7-9-15)21-11-3-4-14(21)12-19-20-17(23)16-5-1-2-10-18-16/h1-12,22H,(H,20,23)/b19-12-. The smallest absolute Gasteiger partial charge is 0.289 e. The van der Waals surface area contributed by atoms with Gasteiger partial charge in [-0.1, -0.05) is 6.07 Å². The van der Waals surface area contributed by atoms with Gasteiger partial charge in [0.25, 0.3) is 5.91 Å². The lowest BCUT2D eigenvalue weighted by Gasteiger charge is -2.06. The molecule has 6 heteroatoms. The second-order valence-corrected chi connectivity index (χ2v) is 4.73. The van der Waals surface area contributed by atoms with Crippen LogP contribution < -0.4 is 5.43 Å². The van der Waals surface area contributed by atoms with Gasteiger partial charge < -0.3 is 9.67 Å². The maximum Gasteiger partial charge on any atom is 0.289 e. The molecular formula is C17H14N4O2. The summed E-state index contributed by atoms with van der Waals surface area (Å²) in [6.07, 6.45) is 4.97. The Bertz CT molecular complexity index is 823. The van der Waals surface area contributed by atoms with Gasteiger partial charge in [-0.3, -0.25) is 9.78 Å². The van der Waals surface area contributed by atoms with Crippen molar-refractivity contribution >= 4 is 12.1 Å². The van der Waals surface area contributed by atoms with Crippen molar-refractivity contribution in [3.8, 4) is 11.4 Å². The van der Waals surface area contributed by atoms with Gasteiger partial charge in [-0.25, -0.2) is 5.43 Å².